The number of carbonyl (C=O) groups excluding carboxylic acids is 3. The number of rotatable bonds is 5. The molecule has 11 nitrogen and oxygen atoms in total. The quantitative estimate of drug-likeness (QED) is 0.209. The maximum absolute atomic E-state index is 14.0. The summed E-state index contributed by atoms with van der Waals surface area (Å²) in [5, 5.41) is 22.8. The number of anilines is 1. The average molecular weight is 524 g/mol. The Labute approximate surface area is 221 Å². The third-order valence-corrected chi connectivity index (χ3v) is 7.72. The fourth-order valence-corrected chi connectivity index (χ4v) is 5.99. The molecule has 3 aromatic carbocycles. The van der Waals surface area contributed by atoms with Crippen LogP contribution in [-0.2, 0) is 9.59 Å². The van der Waals surface area contributed by atoms with E-state index in [1.54, 1.807) is 24.1 Å². The van der Waals surface area contributed by atoms with Crippen LogP contribution in [0.2, 0.25) is 0 Å². The van der Waals surface area contributed by atoms with Crippen LogP contribution in [0.3, 0.4) is 0 Å². The molecule has 6 rings (SSSR count). The van der Waals surface area contributed by atoms with Gasteiger partial charge in [-0.1, -0.05) is 42.5 Å². The number of nitro groups is 2. The van der Waals surface area contributed by atoms with Gasteiger partial charge in [0.2, 0.25) is 11.8 Å². The Bertz CT molecular complexity index is 1650. The maximum Gasteiger partial charge on any atom is 0.271 e. The molecule has 2 saturated heterocycles. The molecular weight excluding hydrogens is 504 g/mol. The standard InChI is InChI=1S/C28H20N4O7/c1-15-9-10-19(32(38)39)14-21(15)30-27(34)22-23(28(30)35)25(26(33)17-6-4-7-18(13-17)31(36)37)29-12-11-16-5-2-3-8-20(16)24(22)29/h2-14,22-25H,1H3/t22-,23-,24-,25+/m1/s1. The second kappa shape index (κ2) is 8.69. The van der Waals surface area contributed by atoms with Crippen molar-refractivity contribution >= 4 is 40.7 Å². The molecule has 2 amide bonds. The van der Waals surface area contributed by atoms with Crippen LogP contribution in [0.4, 0.5) is 17.1 Å². The second-order valence-electron chi connectivity index (χ2n) is 9.74. The van der Waals surface area contributed by atoms with Gasteiger partial charge in [-0.15, -0.1) is 0 Å². The predicted molar refractivity (Wildman–Crippen MR) is 139 cm³/mol. The molecule has 4 atom stereocenters. The fourth-order valence-electron chi connectivity index (χ4n) is 5.99. The molecule has 0 saturated carbocycles. The van der Waals surface area contributed by atoms with Gasteiger partial charge in [-0.05, 0) is 29.7 Å². The highest BCUT2D eigenvalue weighted by Gasteiger charge is 2.64. The highest BCUT2D eigenvalue weighted by atomic mass is 16.6. The number of hydrogen-bond donors (Lipinski definition) is 0. The van der Waals surface area contributed by atoms with Crippen LogP contribution in [-0.4, -0.2) is 38.4 Å². The second-order valence-corrected chi connectivity index (χ2v) is 9.74. The molecule has 3 heterocycles. The van der Waals surface area contributed by atoms with Crippen molar-refractivity contribution in [3.8, 4) is 0 Å². The zero-order valence-electron chi connectivity index (χ0n) is 20.5. The summed E-state index contributed by atoms with van der Waals surface area (Å²) in [4.78, 5) is 66.3. The van der Waals surface area contributed by atoms with Gasteiger partial charge < -0.3 is 4.90 Å². The average Bonchev–Trinajstić information content (AvgIpc) is 3.41. The van der Waals surface area contributed by atoms with Crippen LogP contribution >= 0.6 is 0 Å². The fraction of sp³-hybridized carbons (Fsp3) is 0.179. The first kappa shape index (κ1) is 24.2. The molecule has 0 unspecified atom stereocenters. The molecule has 39 heavy (non-hydrogen) atoms. The number of benzene rings is 3. The van der Waals surface area contributed by atoms with Gasteiger partial charge in [-0.3, -0.25) is 34.6 Å². The summed E-state index contributed by atoms with van der Waals surface area (Å²) in [6, 6.07) is 14.8. The van der Waals surface area contributed by atoms with Crippen LogP contribution in [0.25, 0.3) is 6.08 Å². The minimum Gasteiger partial charge on any atom is -0.358 e. The number of aryl methyl sites for hydroxylation is 1. The van der Waals surface area contributed by atoms with E-state index in [-0.39, 0.29) is 22.6 Å². The molecule has 3 aromatic rings. The van der Waals surface area contributed by atoms with Crippen LogP contribution < -0.4 is 4.90 Å². The van der Waals surface area contributed by atoms with Crippen molar-refractivity contribution in [1.29, 1.82) is 0 Å². The summed E-state index contributed by atoms with van der Waals surface area (Å²) >= 11 is 0. The first-order chi connectivity index (χ1) is 18.7. The lowest BCUT2D eigenvalue weighted by atomic mass is 9.83. The molecule has 3 aliphatic heterocycles. The van der Waals surface area contributed by atoms with Gasteiger partial charge in [-0.25, -0.2) is 4.90 Å². The van der Waals surface area contributed by atoms with Gasteiger partial charge in [0.05, 0.1) is 33.4 Å². The molecule has 3 aliphatic rings. The van der Waals surface area contributed by atoms with Gasteiger partial charge in [0.15, 0.2) is 5.78 Å². The van der Waals surface area contributed by atoms with Gasteiger partial charge in [0.25, 0.3) is 11.4 Å². The summed E-state index contributed by atoms with van der Waals surface area (Å²) in [5.41, 5.74) is 1.70. The lowest BCUT2D eigenvalue weighted by Gasteiger charge is -2.35. The first-order valence-electron chi connectivity index (χ1n) is 12.1. The van der Waals surface area contributed by atoms with Crippen molar-refractivity contribution < 1.29 is 24.2 Å². The zero-order chi connectivity index (χ0) is 27.6. The highest BCUT2D eigenvalue weighted by Crippen LogP contribution is 2.54. The third kappa shape index (κ3) is 3.54. The number of nitro benzene ring substituents is 2. The minimum absolute atomic E-state index is 0.0473. The van der Waals surface area contributed by atoms with Crippen LogP contribution in [0.1, 0.15) is 33.1 Å². The summed E-state index contributed by atoms with van der Waals surface area (Å²) < 4.78 is 0. The van der Waals surface area contributed by atoms with Crippen LogP contribution in [0.15, 0.2) is 72.9 Å². The molecular formula is C28H20N4O7. The Morgan fingerprint density at radius 2 is 1.54 bits per heavy atom. The summed E-state index contributed by atoms with van der Waals surface area (Å²) in [6.45, 7) is 1.64. The first-order valence-corrected chi connectivity index (χ1v) is 12.1. The summed E-state index contributed by atoms with van der Waals surface area (Å²) in [7, 11) is 0. The molecule has 0 aliphatic carbocycles. The Balaban J connectivity index is 1.51. The molecule has 2 fully saturated rings. The Morgan fingerprint density at radius 3 is 2.28 bits per heavy atom. The normalized spacial score (nSPS) is 22.9. The number of amides is 2. The number of ketones is 1. The Morgan fingerprint density at radius 1 is 0.846 bits per heavy atom. The SMILES string of the molecule is Cc1ccc([N+](=O)[O-])cc1N1C(=O)[C@@H]2[C@@H](C1=O)[C@H]1c3ccccc3C=CN1[C@@H]2C(=O)c1cccc([N+](=O)[O-])c1. The van der Waals surface area contributed by atoms with E-state index in [0.29, 0.717) is 5.56 Å². The molecule has 0 aromatic heterocycles. The van der Waals surface area contributed by atoms with E-state index in [1.165, 1.54) is 36.4 Å². The monoisotopic (exact) mass is 524 g/mol. The number of imide groups is 1. The number of fused-ring (bicyclic) bond motifs is 5. The topological polar surface area (TPSA) is 144 Å². The summed E-state index contributed by atoms with van der Waals surface area (Å²) in [6.07, 6.45) is 3.49. The number of nitrogens with zero attached hydrogens (tertiary/aromatic N) is 4. The van der Waals surface area contributed by atoms with Gasteiger partial charge in [0, 0.05) is 36.0 Å². The van der Waals surface area contributed by atoms with Gasteiger partial charge in [0.1, 0.15) is 6.04 Å². The van der Waals surface area contributed by atoms with Crippen molar-refractivity contribution in [2.24, 2.45) is 11.8 Å². The highest BCUT2D eigenvalue weighted by molar-refractivity contribution is 6.25. The van der Waals surface area contributed by atoms with Crippen molar-refractivity contribution in [2.45, 2.75) is 19.0 Å². The van der Waals surface area contributed by atoms with Crippen molar-refractivity contribution in [1.82, 2.24) is 4.90 Å². The largest absolute Gasteiger partial charge is 0.358 e. The van der Waals surface area contributed by atoms with Gasteiger partial charge in [-0.2, -0.15) is 0 Å². The molecule has 0 N–H and O–H groups in total. The molecule has 0 radical (unpaired) electrons. The summed E-state index contributed by atoms with van der Waals surface area (Å²) in [5.74, 6) is -3.78. The number of hydrogen-bond acceptors (Lipinski definition) is 8. The number of non-ortho nitro benzene ring substituents is 2. The lowest BCUT2D eigenvalue weighted by Crippen LogP contribution is -2.44. The van der Waals surface area contributed by atoms with E-state index < -0.39 is 51.4 Å². The van der Waals surface area contributed by atoms with Crippen molar-refractivity contribution in [3.05, 3.63) is 115 Å². The van der Waals surface area contributed by atoms with E-state index in [0.717, 1.165) is 22.1 Å². The third-order valence-electron chi connectivity index (χ3n) is 7.72. The Kier molecular flexibility index (Phi) is 5.38. The van der Waals surface area contributed by atoms with Gasteiger partial charge >= 0.3 is 0 Å². The van der Waals surface area contributed by atoms with Crippen LogP contribution in [0, 0.1) is 39.0 Å². The molecule has 0 spiro atoms. The number of carbonyl (C=O) groups is 3. The van der Waals surface area contributed by atoms with Crippen molar-refractivity contribution in [2.75, 3.05) is 4.90 Å². The lowest BCUT2D eigenvalue weighted by molar-refractivity contribution is -0.385. The van der Waals surface area contributed by atoms with E-state index in [4.69, 9.17) is 0 Å². The Hall–Kier alpha value is -5.19. The molecule has 0 bridgehead atoms. The van der Waals surface area contributed by atoms with E-state index in [1.807, 2.05) is 24.3 Å². The maximum atomic E-state index is 14.0. The minimum atomic E-state index is -1.12. The van der Waals surface area contributed by atoms with E-state index in [9.17, 15) is 34.6 Å². The van der Waals surface area contributed by atoms with E-state index >= 15 is 0 Å². The molecule has 194 valence electrons. The number of Topliss-reactive ketones (excluding diaryl/α,β-unsaturated/α-hetero) is 1. The van der Waals surface area contributed by atoms with E-state index in [2.05, 4.69) is 0 Å². The zero-order valence-corrected chi connectivity index (χ0v) is 20.5. The smallest absolute Gasteiger partial charge is 0.271 e. The van der Waals surface area contributed by atoms with Crippen molar-refractivity contribution in [3.63, 3.8) is 0 Å². The van der Waals surface area contributed by atoms with Crippen LogP contribution in [0.5, 0.6) is 0 Å². The molecule has 11 heteroatoms. The predicted octanol–water partition coefficient (Wildman–Crippen LogP) is 4.21.